The van der Waals surface area contributed by atoms with Gasteiger partial charge < -0.3 is 10.8 Å². The minimum atomic E-state index is -0.554. The van der Waals surface area contributed by atoms with Crippen molar-refractivity contribution in [2.45, 2.75) is 43.7 Å². The van der Waals surface area contributed by atoms with E-state index in [1.807, 2.05) is 31.2 Å². The van der Waals surface area contributed by atoms with Crippen LogP contribution in [0.5, 0.6) is 0 Å². The summed E-state index contributed by atoms with van der Waals surface area (Å²) in [5.74, 6) is 0. The summed E-state index contributed by atoms with van der Waals surface area (Å²) in [6, 6.07) is 7.74. The van der Waals surface area contributed by atoms with Gasteiger partial charge in [0.15, 0.2) is 0 Å². The van der Waals surface area contributed by atoms with E-state index >= 15 is 0 Å². The van der Waals surface area contributed by atoms with Crippen molar-refractivity contribution in [1.29, 1.82) is 0 Å². The van der Waals surface area contributed by atoms with Crippen LogP contribution in [-0.4, -0.2) is 10.7 Å². The molecule has 1 fully saturated rings. The molecule has 0 unspecified atom stereocenters. The molecule has 0 heterocycles. The molecular formula is C13H18ClNO. The lowest BCUT2D eigenvalue weighted by Crippen LogP contribution is -2.45. The highest BCUT2D eigenvalue weighted by atomic mass is 35.5. The van der Waals surface area contributed by atoms with Crippen LogP contribution in [0, 0.1) is 0 Å². The number of hydrogen-bond acceptors (Lipinski definition) is 2. The Morgan fingerprint density at radius 2 is 1.88 bits per heavy atom. The molecule has 16 heavy (non-hydrogen) atoms. The molecular weight excluding hydrogens is 222 g/mol. The smallest absolute Gasteiger partial charge is 0.0621 e. The standard InChI is InChI=1S/C13H18ClNO/c1-12(16)5-7-13(15,8-6-12)10-3-2-4-11(14)9-10/h2-4,9,16H,5-8,15H2,1H3. The van der Waals surface area contributed by atoms with E-state index in [9.17, 15) is 5.11 Å². The van der Waals surface area contributed by atoms with Gasteiger partial charge in [-0.15, -0.1) is 0 Å². The third-order valence-corrected chi connectivity index (χ3v) is 3.85. The first-order valence-corrected chi connectivity index (χ1v) is 6.06. The van der Waals surface area contributed by atoms with Gasteiger partial charge in [-0.25, -0.2) is 0 Å². The zero-order valence-corrected chi connectivity index (χ0v) is 10.3. The summed E-state index contributed by atoms with van der Waals surface area (Å²) in [7, 11) is 0. The molecule has 1 aliphatic rings. The minimum Gasteiger partial charge on any atom is -0.390 e. The molecule has 0 saturated heterocycles. The second-order valence-corrected chi connectivity index (χ2v) is 5.60. The van der Waals surface area contributed by atoms with Gasteiger partial charge in [-0.3, -0.25) is 0 Å². The lowest BCUT2D eigenvalue weighted by Gasteiger charge is -2.40. The maximum Gasteiger partial charge on any atom is 0.0621 e. The Balaban J connectivity index is 2.21. The number of benzene rings is 1. The summed E-state index contributed by atoms with van der Waals surface area (Å²) >= 11 is 5.98. The first-order valence-electron chi connectivity index (χ1n) is 5.69. The van der Waals surface area contributed by atoms with Crippen LogP contribution in [-0.2, 0) is 5.54 Å². The molecule has 0 amide bonds. The van der Waals surface area contributed by atoms with E-state index in [4.69, 9.17) is 17.3 Å². The van der Waals surface area contributed by atoms with Crippen molar-refractivity contribution < 1.29 is 5.11 Å². The average Bonchev–Trinajstić information content (AvgIpc) is 2.23. The van der Waals surface area contributed by atoms with Crippen LogP contribution in [0.15, 0.2) is 24.3 Å². The second kappa shape index (κ2) is 4.02. The zero-order valence-electron chi connectivity index (χ0n) is 9.54. The molecule has 2 nitrogen and oxygen atoms in total. The lowest BCUT2D eigenvalue weighted by molar-refractivity contribution is 0.000910. The fourth-order valence-electron chi connectivity index (χ4n) is 2.32. The van der Waals surface area contributed by atoms with Crippen LogP contribution in [0.4, 0.5) is 0 Å². The van der Waals surface area contributed by atoms with Crippen molar-refractivity contribution in [2.75, 3.05) is 0 Å². The van der Waals surface area contributed by atoms with Gasteiger partial charge in [0.25, 0.3) is 0 Å². The number of halogens is 1. The Hall–Kier alpha value is -0.570. The van der Waals surface area contributed by atoms with Gasteiger partial charge in [0.05, 0.1) is 5.60 Å². The predicted molar refractivity (Wildman–Crippen MR) is 66.4 cm³/mol. The topological polar surface area (TPSA) is 46.2 Å². The number of nitrogens with two attached hydrogens (primary N) is 1. The van der Waals surface area contributed by atoms with Crippen molar-refractivity contribution in [2.24, 2.45) is 5.73 Å². The molecule has 3 N–H and O–H groups in total. The van der Waals surface area contributed by atoms with Crippen LogP contribution in [0.25, 0.3) is 0 Å². The van der Waals surface area contributed by atoms with Gasteiger partial charge >= 0.3 is 0 Å². The predicted octanol–water partition coefficient (Wildman–Crippen LogP) is 2.82. The lowest BCUT2D eigenvalue weighted by atomic mass is 9.72. The molecule has 0 spiro atoms. The number of hydrogen-bond donors (Lipinski definition) is 2. The quantitative estimate of drug-likeness (QED) is 0.792. The SMILES string of the molecule is CC1(O)CCC(N)(c2cccc(Cl)c2)CC1. The van der Waals surface area contributed by atoms with E-state index in [-0.39, 0.29) is 5.54 Å². The second-order valence-electron chi connectivity index (χ2n) is 5.16. The van der Waals surface area contributed by atoms with Crippen LogP contribution in [0.2, 0.25) is 5.02 Å². The summed E-state index contributed by atoms with van der Waals surface area (Å²) in [5.41, 5.74) is 6.60. The van der Waals surface area contributed by atoms with Crippen LogP contribution in [0.1, 0.15) is 38.2 Å². The highest BCUT2D eigenvalue weighted by molar-refractivity contribution is 6.30. The molecule has 3 heteroatoms. The van der Waals surface area contributed by atoms with E-state index in [0.29, 0.717) is 0 Å². The van der Waals surface area contributed by atoms with Gasteiger partial charge in [-0.05, 0) is 50.3 Å². The number of aliphatic hydroxyl groups is 1. The van der Waals surface area contributed by atoms with Crippen LogP contribution in [0.3, 0.4) is 0 Å². The fraction of sp³-hybridized carbons (Fsp3) is 0.538. The maximum absolute atomic E-state index is 9.93. The minimum absolute atomic E-state index is 0.326. The zero-order chi connectivity index (χ0) is 11.8. The molecule has 88 valence electrons. The molecule has 0 bridgehead atoms. The van der Waals surface area contributed by atoms with Crippen molar-refractivity contribution >= 4 is 11.6 Å². The molecule has 1 saturated carbocycles. The Labute approximate surface area is 101 Å². The van der Waals surface area contributed by atoms with Crippen molar-refractivity contribution in [3.8, 4) is 0 Å². The van der Waals surface area contributed by atoms with E-state index in [2.05, 4.69) is 0 Å². The Morgan fingerprint density at radius 3 is 2.44 bits per heavy atom. The third-order valence-electron chi connectivity index (χ3n) is 3.62. The maximum atomic E-state index is 9.93. The largest absolute Gasteiger partial charge is 0.390 e. The first kappa shape index (κ1) is 11.9. The molecule has 1 aromatic rings. The van der Waals surface area contributed by atoms with E-state index in [1.54, 1.807) is 0 Å². The molecule has 0 atom stereocenters. The van der Waals surface area contributed by atoms with E-state index in [1.165, 1.54) is 0 Å². The first-order chi connectivity index (χ1) is 7.41. The van der Waals surface area contributed by atoms with Gasteiger partial charge in [0.1, 0.15) is 0 Å². The van der Waals surface area contributed by atoms with Gasteiger partial charge in [0, 0.05) is 10.6 Å². The Bertz CT molecular complexity index is 379. The molecule has 0 aromatic heterocycles. The Morgan fingerprint density at radius 1 is 1.25 bits per heavy atom. The fourth-order valence-corrected chi connectivity index (χ4v) is 2.51. The highest BCUT2D eigenvalue weighted by Crippen LogP contribution is 2.39. The normalized spacial score (nSPS) is 35.0. The van der Waals surface area contributed by atoms with E-state index < -0.39 is 5.60 Å². The third kappa shape index (κ3) is 2.40. The van der Waals surface area contributed by atoms with Crippen LogP contribution >= 0.6 is 11.6 Å². The molecule has 2 rings (SSSR count). The Kier molecular flexibility index (Phi) is 2.99. The average molecular weight is 240 g/mol. The van der Waals surface area contributed by atoms with Gasteiger partial charge in [0.2, 0.25) is 0 Å². The van der Waals surface area contributed by atoms with Crippen molar-refractivity contribution in [3.63, 3.8) is 0 Å². The van der Waals surface area contributed by atoms with E-state index in [0.717, 1.165) is 36.3 Å². The summed E-state index contributed by atoms with van der Waals surface area (Å²) in [6.07, 6.45) is 3.10. The highest BCUT2D eigenvalue weighted by Gasteiger charge is 2.37. The van der Waals surface area contributed by atoms with Gasteiger partial charge in [-0.1, -0.05) is 23.7 Å². The summed E-state index contributed by atoms with van der Waals surface area (Å²) in [4.78, 5) is 0. The van der Waals surface area contributed by atoms with Crippen molar-refractivity contribution in [1.82, 2.24) is 0 Å². The van der Waals surface area contributed by atoms with Crippen LogP contribution < -0.4 is 5.73 Å². The number of rotatable bonds is 1. The van der Waals surface area contributed by atoms with Gasteiger partial charge in [-0.2, -0.15) is 0 Å². The molecule has 0 aliphatic heterocycles. The molecule has 1 aromatic carbocycles. The monoisotopic (exact) mass is 239 g/mol. The van der Waals surface area contributed by atoms with Crippen molar-refractivity contribution in [3.05, 3.63) is 34.9 Å². The summed E-state index contributed by atoms with van der Waals surface area (Å²) < 4.78 is 0. The summed E-state index contributed by atoms with van der Waals surface area (Å²) in [6.45, 7) is 1.88. The molecule has 0 radical (unpaired) electrons. The summed E-state index contributed by atoms with van der Waals surface area (Å²) in [5, 5.41) is 10.6. The molecule has 1 aliphatic carbocycles.